The number of nitrogens with zero attached hydrogens (tertiary/aromatic N) is 1. The van der Waals surface area contributed by atoms with Crippen LogP contribution in [0, 0.1) is 10.1 Å². The van der Waals surface area contributed by atoms with E-state index in [0.29, 0.717) is 10.8 Å². The number of nitro groups is 1. The van der Waals surface area contributed by atoms with E-state index in [1.165, 1.54) is 17.8 Å². The highest BCUT2D eigenvalue weighted by atomic mass is 35.5. The van der Waals surface area contributed by atoms with Gasteiger partial charge in [-0.1, -0.05) is 29.8 Å². The molecular weight excluding hydrogens is 296 g/mol. The smallest absolute Gasteiger partial charge is 0.272 e. The third-order valence-corrected chi connectivity index (χ3v) is 4.14. The summed E-state index contributed by atoms with van der Waals surface area (Å²) in [7, 11) is 1.74. The molecule has 0 spiro atoms. The molecule has 0 heterocycles. The second-order valence-corrected chi connectivity index (χ2v) is 5.56. The van der Waals surface area contributed by atoms with Crippen molar-refractivity contribution >= 4 is 34.7 Å². The van der Waals surface area contributed by atoms with Gasteiger partial charge in [0.25, 0.3) is 5.69 Å². The molecule has 0 fully saturated rings. The van der Waals surface area contributed by atoms with E-state index < -0.39 is 0 Å². The van der Waals surface area contributed by atoms with Crippen LogP contribution in [0.2, 0.25) is 5.02 Å². The minimum atomic E-state index is -0.388. The fourth-order valence-electron chi connectivity index (χ4n) is 1.69. The summed E-state index contributed by atoms with van der Waals surface area (Å²) < 4.78 is 0. The molecule has 6 heteroatoms. The topological polar surface area (TPSA) is 55.2 Å². The zero-order valence-electron chi connectivity index (χ0n) is 10.8. The van der Waals surface area contributed by atoms with Crippen molar-refractivity contribution in [2.24, 2.45) is 0 Å². The highest BCUT2D eigenvalue weighted by Gasteiger charge is 2.10. The van der Waals surface area contributed by atoms with E-state index in [1.807, 2.05) is 30.3 Å². The minimum Gasteiger partial charge on any atom is -0.388 e. The van der Waals surface area contributed by atoms with Crippen molar-refractivity contribution in [2.45, 2.75) is 10.6 Å². The summed E-state index contributed by atoms with van der Waals surface area (Å²) in [6.07, 6.45) is 0. The van der Waals surface area contributed by atoms with Crippen LogP contribution in [0.15, 0.2) is 47.4 Å². The lowest BCUT2D eigenvalue weighted by molar-refractivity contribution is -0.385. The number of benzene rings is 2. The SMILES string of the molecule is CNc1cc(SCc2ccccc2Cl)cc([N+](=O)[O-])c1. The van der Waals surface area contributed by atoms with Gasteiger partial charge in [-0.25, -0.2) is 0 Å². The van der Waals surface area contributed by atoms with Gasteiger partial charge in [-0.3, -0.25) is 10.1 Å². The van der Waals surface area contributed by atoms with Gasteiger partial charge in [0.15, 0.2) is 0 Å². The van der Waals surface area contributed by atoms with Crippen molar-refractivity contribution in [2.75, 3.05) is 12.4 Å². The van der Waals surface area contributed by atoms with E-state index >= 15 is 0 Å². The molecule has 0 radical (unpaired) electrons. The first-order valence-corrected chi connectivity index (χ1v) is 7.30. The molecule has 104 valence electrons. The molecule has 0 aromatic heterocycles. The van der Waals surface area contributed by atoms with Crippen LogP contribution in [0.3, 0.4) is 0 Å². The fraction of sp³-hybridized carbons (Fsp3) is 0.143. The second kappa shape index (κ2) is 6.63. The Kier molecular flexibility index (Phi) is 4.87. The second-order valence-electron chi connectivity index (χ2n) is 4.10. The van der Waals surface area contributed by atoms with E-state index in [-0.39, 0.29) is 10.6 Å². The normalized spacial score (nSPS) is 10.3. The number of nitro benzene ring substituents is 1. The number of rotatable bonds is 5. The Morgan fingerprint density at radius 3 is 2.70 bits per heavy atom. The molecule has 2 aromatic rings. The van der Waals surface area contributed by atoms with Crippen molar-refractivity contribution in [1.82, 2.24) is 0 Å². The fourth-order valence-corrected chi connectivity index (χ4v) is 2.96. The Balaban J connectivity index is 2.19. The Labute approximate surface area is 126 Å². The van der Waals surface area contributed by atoms with E-state index in [2.05, 4.69) is 5.32 Å². The maximum absolute atomic E-state index is 10.9. The van der Waals surface area contributed by atoms with Crippen LogP contribution >= 0.6 is 23.4 Å². The van der Waals surface area contributed by atoms with Gasteiger partial charge in [0.2, 0.25) is 0 Å². The molecule has 2 rings (SSSR count). The molecule has 0 saturated heterocycles. The molecule has 2 aromatic carbocycles. The third kappa shape index (κ3) is 3.65. The van der Waals surface area contributed by atoms with Crippen LogP contribution < -0.4 is 5.32 Å². The summed E-state index contributed by atoms with van der Waals surface area (Å²) in [5.74, 6) is 0.671. The van der Waals surface area contributed by atoms with E-state index in [1.54, 1.807) is 13.1 Å². The monoisotopic (exact) mass is 308 g/mol. The van der Waals surface area contributed by atoms with Crippen molar-refractivity contribution < 1.29 is 4.92 Å². The predicted octanol–water partition coefficient (Wildman–Crippen LogP) is 4.58. The minimum absolute atomic E-state index is 0.0820. The first-order valence-electron chi connectivity index (χ1n) is 5.93. The zero-order valence-corrected chi connectivity index (χ0v) is 12.4. The van der Waals surface area contributed by atoms with Crippen molar-refractivity contribution in [1.29, 1.82) is 0 Å². The first-order chi connectivity index (χ1) is 9.60. The van der Waals surface area contributed by atoms with Gasteiger partial charge in [0.1, 0.15) is 0 Å². The average molecular weight is 309 g/mol. The zero-order chi connectivity index (χ0) is 14.5. The van der Waals surface area contributed by atoms with Gasteiger partial charge in [0, 0.05) is 40.5 Å². The molecular formula is C14H13ClN2O2S. The first kappa shape index (κ1) is 14.7. The molecule has 0 atom stereocenters. The number of non-ortho nitro benzene ring substituents is 1. The van der Waals surface area contributed by atoms with Crippen LogP contribution in [0.25, 0.3) is 0 Å². The number of anilines is 1. The summed E-state index contributed by atoms with van der Waals surface area (Å²) in [5, 5.41) is 14.5. The lowest BCUT2D eigenvalue weighted by Crippen LogP contribution is -1.93. The lowest BCUT2D eigenvalue weighted by atomic mass is 10.2. The molecule has 0 unspecified atom stereocenters. The van der Waals surface area contributed by atoms with Gasteiger partial charge in [-0.05, 0) is 17.7 Å². The number of hydrogen-bond acceptors (Lipinski definition) is 4. The highest BCUT2D eigenvalue weighted by Crippen LogP contribution is 2.31. The van der Waals surface area contributed by atoms with Crippen molar-refractivity contribution in [3.05, 3.63) is 63.2 Å². The Hall–Kier alpha value is -1.72. The Morgan fingerprint density at radius 1 is 1.30 bits per heavy atom. The molecule has 0 bridgehead atoms. The summed E-state index contributed by atoms with van der Waals surface area (Å²) in [6.45, 7) is 0. The molecule has 0 aliphatic heterocycles. The molecule has 0 amide bonds. The molecule has 0 aliphatic rings. The predicted molar refractivity (Wildman–Crippen MR) is 83.7 cm³/mol. The van der Waals surface area contributed by atoms with Crippen LogP contribution in [0.4, 0.5) is 11.4 Å². The molecule has 0 aliphatic carbocycles. The molecule has 20 heavy (non-hydrogen) atoms. The van der Waals surface area contributed by atoms with Crippen LogP contribution in [-0.4, -0.2) is 12.0 Å². The number of thioether (sulfide) groups is 1. The van der Waals surface area contributed by atoms with Crippen molar-refractivity contribution in [3.63, 3.8) is 0 Å². The maximum Gasteiger partial charge on any atom is 0.272 e. The van der Waals surface area contributed by atoms with Crippen LogP contribution in [0.1, 0.15) is 5.56 Å². The molecule has 0 saturated carbocycles. The number of nitrogens with one attached hydrogen (secondary N) is 1. The highest BCUT2D eigenvalue weighted by molar-refractivity contribution is 7.98. The summed E-state index contributed by atoms with van der Waals surface area (Å²) in [5.41, 5.74) is 1.82. The van der Waals surface area contributed by atoms with Gasteiger partial charge in [-0.2, -0.15) is 0 Å². The third-order valence-electron chi connectivity index (χ3n) is 2.74. The number of hydrogen-bond donors (Lipinski definition) is 1. The van der Waals surface area contributed by atoms with E-state index in [4.69, 9.17) is 11.6 Å². The van der Waals surface area contributed by atoms with Crippen molar-refractivity contribution in [3.8, 4) is 0 Å². The van der Waals surface area contributed by atoms with Gasteiger partial charge in [0.05, 0.1) is 4.92 Å². The Bertz CT molecular complexity index is 634. The Morgan fingerprint density at radius 2 is 2.05 bits per heavy atom. The summed E-state index contributed by atoms with van der Waals surface area (Å²) in [6, 6.07) is 12.6. The maximum atomic E-state index is 10.9. The van der Waals surface area contributed by atoms with Gasteiger partial charge >= 0.3 is 0 Å². The molecule has 1 N–H and O–H groups in total. The van der Waals surface area contributed by atoms with Crippen LogP contribution in [0.5, 0.6) is 0 Å². The summed E-state index contributed by atoms with van der Waals surface area (Å²) in [4.78, 5) is 11.3. The van der Waals surface area contributed by atoms with E-state index in [0.717, 1.165) is 16.1 Å². The largest absolute Gasteiger partial charge is 0.388 e. The quantitative estimate of drug-likeness (QED) is 0.499. The molecule has 4 nitrogen and oxygen atoms in total. The van der Waals surface area contributed by atoms with Crippen LogP contribution in [-0.2, 0) is 5.75 Å². The lowest BCUT2D eigenvalue weighted by Gasteiger charge is -2.06. The van der Waals surface area contributed by atoms with Gasteiger partial charge in [-0.15, -0.1) is 11.8 Å². The van der Waals surface area contributed by atoms with E-state index in [9.17, 15) is 10.1 Å². The summed E-state index contributed by atoms with van der Waals surface area (Å²) >= 11 is 7.62. The average Bonchev–Trinajstić information content (AvgIpc) is 2.46. The number of halogens is 1. The van der Waals surface area contributed by atoms with Gasteiger partial charge < -0.3 is 5.32 Å². The standard InChI is InChI=1S/C14H13ClN2O2S/c1-16-11-6-12(17(18)19)8-13(7-11)20-9-10-4-2-3-5-14(10)15/h2-8,16H,9H2,1H3.